The van der Waals surface area contributed by atoms with Crippen LogP contribution in [0.5, 0.6) is 0 Å². The zero-order chi connectivity index (χ0) is 15.5. The smallest absolute Gasteiger partial charge is 0.244 e. The van der Waals surface area contributed by atoms with Crippen LogP contribution in [-0.4, -0.2) is 18.4 Å². The summed E-state index contributed by atoms with van der Waals surface area (Å²) in [5.41, 5.74) is 2.29. The molecule has 21 heavy (non-hydrogen) atoms. The predicted octanol–water partition coefficient (Wildman–Crippen LogP) is 2.02. The highest BCUT2D eigenvalue weighted by Gasteiger charge is 2.25. The quantitative estimate of drug-likeness (QED) is 0.513. The van der Waals surface area contributed by atoms with Gasteiger partial charge in [0.25, 0.3) is 0 Å². The molecule has 0 amide bonds. The van der Waals surface area contributed by atoms with Crippen molar-refractivity contribution in [3.8, 4) is 0 Å². The number of halogens is 1. The van der Waals surface area contributed by atoms with Gasteiger partial charge in [0.05, 0.1) is 6.04 Å². The van der Waals surface area contributed by atoms with Crippen molar-refractivity contribution in [1.82, 2.24) is 14.7 Å². The number of hydrazine groups is 1. The van der Waals surface area contributed by atoms with Gasteiger partial charge >= 0.3 is 0 Å². The summed E-state index contributed by atoms with van der Waals surface area (Å²) in [6.45, 7) is 1.88. The molecule has 10 heteroatoms. The van der Waals surface area contributed by atoms with E-state index in [2.05, 4.69) is 36.0 Å². The first-order valence-corrected chi connectivity index (χ1v) is 9.17. The molecule has 2 heterocycles. The summed E-state index contributed by atoms with van der Waals surface area (Å²) in [7, 11) is -3.78. The molecular formula is C11H14BrN5O2S2. The Balaban J connectivity index is 2.36. The van der Waals surface area contributed by atoms with E-state index < -0.39 is 10.0 Å². The zero-order valence-corrected chi connectivity index (χ0v) is 14.3. The van der Waals surface area contributed by atoms with E-state index in [0.717, 1.165) is 0 Å². The van der Waals surface area contributed by atoms with Gasteiger partial charge in [-0.2, -0.15) is 0 Å². The number of rotatable bonds is 6. The lowest BCUT2D eigenvalue weighted by Crippen LogP contribution is -2.29. The van der Waals surface area contributed by atoms with Gasteiger partial charge in [-0.1, -0.05) is 6.92 Å². The third kappa shape index (κ3) is 3.77. The van der Waals surface area contributed by atoms with Gasteiger partial charge in [-0.3, -0.25) is 0 Å². The van der Waals surface area contributed by atoms with E-state index in [1.807, 2.05) is 6.92 Å². The Kier molecular flexibility index (Phi) is 5.27. The molecule has 0 radical (unpaired) electrons. The molecule has 2 rings (SSSR count). The number of nitrogen functional groups attached to an aromatic ring is 1. The highest BCUT2D eigenvalue weighted by molar-refractivity contribution is 9.10. The molecular weight excluding hydrogens is 378 g/mol. The van der Waals surface area contributed by atoms with Gasteiger partial charge in [-0.25, -0.2) is 29.0 Å². The van der Waals surface area contributed by atoms with Crippen LogP contribution in [-0.2, 0) is 10.0 Å². The minimum Gasteiger partial charge on any atom is -0.307 e. The number of nitrogens with one attached hydrogen (secondary N) is 2. The number of hydrogen-bond acceptors (Lipinski definition) is 7. The molecule has 2 aromatic rings. The molecule has 0 fully saturated rings. The lowest BCUT2D eigenvalue weighted by atomic mass is 10.3. The number of sulfonamides is 1. The second kappa shape index (κ2) is 6.79. The van der Waals surface area contributed by atoms with Crippen molar-refractivity contribution >= 4 is 43.1 Å². The highest BCUT2D eigenvalue weighted by atomic mass is 79.9. The first-order valence-electron chi connectivity index (χ1n) is 6.01. The molecule has 1 unspecified atom stereocenters. The number of anilines is 1. The first-order chi connectivity index (χ1) is 9.97. The Morgan fingerprint density at radius 1 is 1.48 bits per heavy atom. The molecule has 114 valence electrons. The van der Waals surface area contributed by atoms with Crippen LogP contribution < -0.4 is 16.0 Å². The summed E-state index contributed by atoms with van der Waals surface area (Å²) in [5.74, 6) is 5.41. The normalized spacial score (nSPS) is 13.1. The number of pyridine rings is 1. The molecule has 0 aliphatic heterocycles. The van der Waals surface area contributed by atoms with Gasteiger partial charge in [0.15, 0.2) is 5.82 Å². The van der Waals surface area contributed by atoms with Crippen molar-refractivity contribution in [3.05, 3.63) is 33.3 Å². The van der Waals surface area contributed by atoms with E-state index in [9.17, 15) is 8.42 Å². The fourth-order valence-corrected chi connectivity index (χ4v) is 4.46. The number of aromatic nitrogens is 2. The fraction of sp³-hybridized carbons (Fsp3) is 0.273. The lowest BCUT2D eigenvalue weighted by molar-refractivity contribution is 0.549. The standard InChI is InChI=1S/C11H14BrN5O2S2/c1-2-8(11-14-3-4-20-11)17-21(18,19)9-5-7(12)6-15-10(9)16-13/h3-6,8,17H,2,13H2,1H3,(H,15,16). The summed E-state index contributed by atoms with van der Waals surface area (Å²) in [4.78, 5) is 8.08. The molecule has 0 saturated carbocycles. The Morgan fingerprint density at radius 3 is 2.81 bits per heavy atom. The molecule has 2 aromatic heterocycles. The number of nitrogens with two attached hydrogens (primary N) is 1. The Morgan fingerprint density at radius 2 is 2.24 bits per heavy atom. The molecule has 0 bridgehead atoms. The van der Waals surface area contributed by atoms with E-state index in [1.165, 1.54) is 23.6 Å². The summed E-state index contributed by atoms with van der Waals surface area (Å²) in [5, 5.41) is 2.52. The predicted molar refractivity (Wildman–Crippen MR) is 85.2 cm³/mol. The minimum atomic E-state index is -3.78. The van der Waals surface area contributed by atoms with E-state index in [4.69, 9.17) is 5.84 Å². The third-order valence-electron chi connectivity index (χ3n) is 2.70. The van der Waals surface area contributed by atoms with Crippen molar-refractivity contribution in [2.45, 2.75) is 24.3 Å². The molecule has 4 N–H and O–H groups in total. The maximum absolute atomic E-state index is 12.5. The van der Waals surface area contributed by atoms with Crippen LogP contribution in [0.15, 0.2) is 33.2 Å². The molecule has 0 spiro atoms. The highest BCUT2D eigenvalue weighted by Crippen LogP contribution is 2.26. The van der Waals surface area contributed by atoms with Crippen molar-refractivity contribution in [2.75, 3.05) is 5.43 Å². The summed E-state index contributed by atoms with van der Waals surface area (Å²) in [6, 6.07) is 1.05. The van der Waals surface area contributed by atoms with Crippen molar-refractivity contribution in [2.24, 2.45) is 5.84 Å². The maximum atomic E-state index is 12.5. The first kappa shape index (κ1) is 16.3. The fourth-order valence-electron chi connectivity index (χ4n) is 1.70. The Bertz CT molecular complexity index is 705. The Labute approximate surface area is 135 Å². The maximum Gasteiger partial charge on any atom is 0.244 e. The van der Waals surface area contributed by atoms with Crippen molar-refractivity contribution in [1.29, 1.82) is 0 Å². The van der Waals surface area contributed by atoms with Crippen LogP contribution in [0.1, 0.15) is 24.4 Å². The number of hydrogen-bond donors (Lipinski definition) is 3. The second-order valence-corrected chi connectivity index (χ2v) is 7.62. The lowest BCUT2D eigenvalue weighted by Gasteiger charge is -2.16. The zero-order valence-electron chi connectivity index (χ0n) is 11.1. The Hall–Kier alpha value is -1.07. The number of nitrogens with zero attached hydrogens (tertiary/aromatic N) is 2. The van der Waals surface area contributed by atoms with Gasteiger partial charge in [-0.15, -0.1) is 11.3 Å². The van der Waals surface area contributed by atoms with E-state index in [-0.39, 0.29) is 16.8 Å². The van der Waals surface area contributed by atoms with Gasteiger partial charge in [0.1, 0.15) is 9.90 Å². The van der Waals surface area contributed by atoms with Gasteiger partial charge in [0, 0.05) is 22.2 Å². The minimum absolute atomic E-state index is 0.0191. The van der Waals surface area contributed by atoms with Crippen molar-refractivity contribution < 1.29 is 8.42 Å². The summed E-state index contributed by atoms with van der Waals surface area (Å²) < 4.78 is 28.2. The second-order valence-electron chi connectivity index (χ2n) is 4.10. The van der Waals surface area contributed by atoms with Crippen LogP contribution in [0.4, 0.5) is 5.82 Å². The molecule has 0 saturated heterocycles. The van der Waals surface area contributed by atoms with Crippen LogP contribution in [0.2, 0.25) is 0 Å². The van der Waals surface area contributed by atoms with Crippen LogP contribution in [0.3, 0.4) is 0 Å². The molecule has 0 aromatic carbocycles. The van der Waals surface area contributed by atoms with E-state index >= 15 is 0 Å². The number of thiazole rings is 1. The third-order valence-corrected chi connectivity index (χ3v) is 5.51. The van der Waals surface area contributed by atoms with E-state index in [1.54, 1.807) is 11.6 Å². The molecule has 0 aliphatic carbocycles. The van der Waals surface area contributed by atoms with Crippen LogP contribution >= 0.6 is 27.3 Å². The van der Waals surface area contributed by atoms with E-state index in [0.29, 0.717) is 15.9 Å². The summed E-state index contributed by atoms with van der Waals surface area (Å²) in [6.07, 6.45) is 3.69. The average Bonchev–Trinajstić information content (AvgIpc) is 2.99. The SMILES string of the molecule is CCC(NS(=O)(=O)c1cc(Br)cnc1NN)c1nccs1. The monoisotopic (exact) mass is 391 g/mol. The van der Waals surface area contributed by atoms with Crippen LogP contribution in [0, 0.1) is 0 Å². The van der Waals surface area contributed by atoms with Gasteiger partial charge in [0.2, 0.25) is 10.0 Å². The van der Waals surface area contributed by atoms with Crippen molar-refractivity contribution in [3.63, 3.8) is 0 Å². The molecule has 0 aliphatic rings. The largest absolute Gasteiger partial charge is 0.307 e. The van der Waals surface area contributed by atoms with Gasteiger partial charge in [-0.05, 0) is 28.4 Å². The average molecular weight is 392 g/mol. The van der Waals surface area contributed by atoms with Crippen LogP contribution in [0.25, 0.3) is 0 Å². The topological polar surface area (TPSA) is 110 Å². The molecule has 7 nitrogen and oxygen atoms in total. The summed E-state index contributed by atoms with van der Waals surface area (Å²) >= 11 is 4.61. The van der Waals surface area contributed by atoms with Gasteiger partial charge < -0.3 is 5.43 Å². The molecule has 1 atom stereocenters.